The van der Waals surface area contributed by atoms with Gasteiger partial charge in [-0.05, 0) is 36.8 Å². The maximum absolute atomic E-state index is 12.4. The van der Waals surface area contributed by atoms with Crippen molar-refractivity contribution in [3.05, 3.63) is 68.7 Å². The van der Waals surface area contributed by atoms with Crippen molar-refractivity contribution in [1.82, 2.24) is 0 Å². The van der Waals surface area contributed by atoms with Gasteiger partial charge in [-0.25, -0.2) is 0 Å². The predicted molar refractivity (Wildman–Crippen MR) is 82.0 cm³/mol. The molecule has 2 aromatic rings. The fourth-order valence-corrected chi connectivity index (χ4v) is 2.12. The van der Waals surface area contributed by atoms with Gasteiger partial charge in [0.15, 0.2) is 0 Å². The Morgan fingerprint density at radius 3 is 2.57 bits per heavy atom. The third kappa shape index (κ3) is 3.20. The molecule has 0 fully saturated rings. The van der Waals surface area contributed by atoms with E-state index in [1.165, 1.54) is 23.1 Å². The molecular formula is C15H13ClN2O3. The number of carbonyl (C=O) groups excluding carboxylic acids is 1. The topological polar surface area (TPSA) is 63.5 Å². The standard InChI is InChI=1S/C15H13ClN2O3/c1-10-4-3-5-12(8-10)17(2)15(19)11-6-7-13(16)14(9-11)18(20)21/h3-9H,1-2H3. The third-order valence-corrected chi connectivity index (χ3v) is 3.40. The van der Waals surface area contributed by atoms with Crippen molar-refractivity contribution in [1.29, 1.82) is 0 Å². The van der Waals surface area contributed by atoms with Crippen molar-refractivity contribution in [3.63, 3.8) is 0 Å². The van der Waals surface area contributed by atoms with Crippen LogP contribution in [-0.2, 0) is 0 Å². The molecule has 0 aliphatic carbocycles. The van der Waals surface area contributed by atoms with Crippen LogP contribution in [0.4, 0.5) is 11.4 Å². The fourth-order valence-electron chi connectivity index (χ4n) is 1.93. The molecule has 0 saturated carbocycles. The highest BCUT2D eigenvalue weighted by Gasteiger charge is 2.19. The van der Waals surface area contributed by atoms with Crippen LogP contribution in [0.25, 0.3) is 0 Å². The van der Waals surface area contributed by atoms with Crippen molar-refractivity contribution < 1.29 is 9.72 Å². The first-order valence-electron chi connectivity index (χ1n) is 6.19. The number of carbonyl (C=O) groups is 1. The number of nitro benzene ring substituents is 1. The Morgan fingerprint density at radius 2 is 1.95 bits per heavy atom. The van der Waals surface area contributed by atoms with Gasteiger partial charge in [0.1, 0.15) is 5.02 Å². The van der Waals surface area contributed by atoms with Crippen LogP contribution in [0.5, 0.6) is 0 Å². The lowest BCUT2D eigenvalue weighted by molar-refractivity contribution is -0.384. The molecule has 2 aromatic carbocycles. The lowest BCUT2D eigenvalue weighted by Gasteiger charge is -2.18. The average Bonchev–Trinajstić information content (AvgIpc) is 2.46. The molecule has 21 heavy (non-hydrogen) atoms. The molecule has 0 radical (unpaired) electrons. The van der Waals surface area contributed by atoms with Gasteiger partial charge in [0.2, 0.25) is 0 Å². The van der Waals surface area contributed by atoms with E-state index in [9.17, 15) is 14.9 Å². The molecule has 0 unspecified atom stereocenters. The monoisotopic (exact) mass is 304 g/mol. The van der Waals surface area contributed by atoms with E-state index in [0.717, 1.165) is 11.3 Å². The molecule has 0 N–H and O–H groups in total. The number of halogens is 1. The molecule has 0 atom stereocenters. The number of amides is 1. The molecule has 0 spiro atoms. The summed E-state index contributed by atoms with van der Waals surface area (Å²) in [5.74, 6) is -0.333. The van der Waals surface area contributed by atoms with Gasteiger partial charge in [-0.3, -0.25) is 14.9 Å². The van der Waals surface area contributed by atoms with E-state index in [2.05, 4.69) is 0 Å². The Bertz CT molecular complexity index is 716. The second kappa shape index (κ2) is 5.93. The number of nitrogens with zero attached hydrogens (tertiary/aromatic N) is 2. The van der Waals surface area contributed by atoms with Gasteiger partial charge >= 0.3 is 0 Å². The number of aryl methyl sites for hydroxylation is 1. The van der Waals surface area contributed by atoms with Crippen LogP contribution in [0.15, 0.2) is 42.5 Å². The van der Waals surface area contributed by atoms with E-state index in [-0.39, 0.29) is 22.2 Å². The van der Waals surface area contributed by atoms with Crippen LogP contribution in [0.1, 0.15) is 15.9 Å². The molecule has 0 heterocycles. The van der Waals surface area contributed by atoms with E-state index in [4.69, 9.17) is 11.6 Å². The second-order valence-electron chi connectivity index (χ2n) is 4.63. The Morgan fingerprint density at radius 1 is 1.24 bits per heavy atom. The molecule has 0 aliphatic rings. The van der Waals surface area contributed by atoms with Gasteiger partial charge in [-0.2, -0.15) is 0 Å². The average molecular weight is 305 g/mol. The zero-order chi connectivity index (χ0) is 15.6. The minimum absolute atomic E-state index is 0.00904. The minimum Gasteiger partial charge on any atom is -0.311 e. The first-order valence-corrected chi connectivity index (χ1v) is 6.56. The molecule has 108 valence electrons. The molecule has 6 heteroatoms. The van der Waals surface area contributed by atoms with Crippen molar-refractivity contribution in [3.8, 4) is 0 Å². The molecule has 0 saturated heterocycles. The zero-order valence-electron chi connectivity index (χ0n) is 11.5. The summed E-state index contributed by atoms with van der Waals surface area (Å²) in [5.41, 5.74) is 1.68. The molecule has 5 nitrogen and oxygen atoms in total. The van der Waals surface area contributed by atoms with Crippen molar-refractivity contribution in [2.75, 3.05) is 11.9 Å². The first kappa shape index (κ1) is 15.0. The first-order chi connectivity index (χ1) is 9.90. The molecule has 0 bridgehead atoms. The number of hydrogen-bond donors (Lipinski definition) is 0. The summed E-state index contributed by atoms with van der Waals surface area (Å²) in [6.45, 7) is 1.93. The van der Waals surface area contributed by atoms with Crippen LogP contribution in [-0.4, -0.2) is 17.9 Å². The lowest BCUT2D eigenvalue weighted by Crippen LogP contribution is -2.26. The van der Waals surface area contributed by atoms with Gasteiger partial charge in [0.25, 0.3) is 11.6 Å². The van der Waals surface area contributed by atoms with Crippen molar-refractivity contribution in [2.45, 2.75) is 6.92 Å². The zero-order valence-corrected chi connectivity index (χ0v) is 12.3. The smallest absolute Gasteiger partial charge is 0.288 e. The van der Waals surface area contributed by atoms with Crippen LogP contribution < -0.4 is 4.90 Å². The van der Waals surface area contributed by atoms with Gasteiger partial charge < -0.3 is 4.90 Å². The summed E-state index contributed by atoms with van der Waals surface area (Å²) in [5, 5.41) is 10.9. The number of anilines is 1. The molecule has 1 amide bonds. The summed E-state index contributed by atoms with van der Waals surface area (Å²) in [4.78, 5) is 24.1. The highest BCUT2D eigenvalue weighted by atomic mass is 35.5. The van der Waals surface area contributed by atoms with Crippen LogP contribution in [0.3, 0.4) is 0 Å². The highest BCUT2D eigenvalue weighted by Crippen LogP contribution is 2.26. The van der Waals surface area contributed by atoms with Crippen LogP contribution in [0.2, 0.25) is 5.02 Å². The molecule has 2 rings (SSSR count). The Hall–Kier alpha value is -2.40. The summed E-state index contributed by atoms with van der Waals surface area (Å²) < 4.78 is 0. The summed E-state index contributed by atoms with van der Waals surface area (Å²) in [6.07, 6.45) is 0. The van der Waals surface area contributed by atoms with Crippen LogP contribution >= 0.6 is 11.6 Å². The minimum atomic E-state index is -0.605. The second-order valence-corrected chi connectivity index (χ2v) is 5.03. The summed E-state index contributed by atoms with van der Waals surface area (Å²) in [6, 6.07) is 11.5. The maximum atomic E-state index is 12.4. The normalized spacial score (nSPS) is 10.2. The number of benzene rings is 2. The van der Waals surface area contributed by atoms with E-state index >= 15 is 0 Å². The largest absolute Gasteiger partial charge is 0.311 e. The fraction of sp³-hybridized carbons (Fsp3) is 0.133. The van der Waals surface area contributed by atoms with Gasteiger partial charge in [-0.15, -0.1) is 0 Å². The van der Waals surface area contributed by atoms with E-state index < -0.39 is 4.92 Å². The van der Waals surface area contributed by atoms with E-state index in [1.807, 2.05) is 25.1 Å². The quantitative estimate of drug-likeness (QED) is 0.639. The van der Waals surface area contributed by atoms with Crippen LogP contribution in [0, 0.1) is 17.0 Å². The number of nitro groups is 1. The third-order valence-electron chi connectivity index (χ3n) is 3.08. The van der Waals surface area contributed by atoms with E-state index in [0.29, 0.717) is 0 Å². The molecule has 0 aliphatic heterocycles. The number of hydrogen-bond acceptors (Lipinski definition) is 3. The molecule has 0 aromatic heterocycles. The summed E-state index contributed by atoms with van der Waals surface area (Å²) in [7, 11) is 1.62. The SMILES string of the molecule is Cc1cccc(N(C)C(=O)c2ccc(Cl)c([N+](=O)[O-])c2)c1. The Kier molecular flexibility index (Phi) is 4.23. The predicted octanol–water partition coefficient (Wildman–Crippen LogP) is 3.83. The number of rotatable bonds is 3. The summed E-state index contributed by atoms with van der Waals surface area (Å²) >= 11 is 5.75. The highest BCUT2D eigenvalue weighted by molar-refractivity contribution is 6.32. The van der Waals surface area contributed by atoms with Crippen molar-refractivity contribution >= 4 is 28.9 Å². The Labute approximate surface area is 126 Å². The van der Waals surface area contributed by atoms with E-state index in [1.54, 1.807) is 13.1 Å². The maximum Gasteiger partial charge on any atom is 0.288 e. The van der Waals surface area contributed by atoms with Gasteiger partial charge in [0.05, 0.1) is 4.92 Å². The Balaban J connectivity index is 2.36. The van der Waals surface area contributed by atoms with Gasteiger partial charge in [0, 0.05) is 24.4 Å². The van der Waals surface area contributed by atoms with Gasteiger partial charge in [-0.1, -0.05) is 23.7 Å². The molecular weight excluding hydrogens is 292 g/mol. The van der Waals surface area contributed by atoms with Crippen molar-refractivity contribution in [2.24, 2.45) is 0 Å². The lowest BCUT2D eigenvalue weighted by atomic mass is 10.1.